The standard InChI is InChI=1S/C15H16BrN3O/c1-19(9-7-12-4-2-3-8-18-12)15(20)13-10-11(17)5-6-14(13)16/h2-6,8,10H,7,9,17H2,1H3. The van der Waals surface area contributed by atoms with E-state index in [9.17, 15) is 4.79 Å². The molecule has 2 rings (SSSR count). The van der Waals surface area contributed by atoms with Crippen LogP contribution in [0.4, 0.5) is 5.69 Å². The van der Waals surface area contributed by atoms with E-state index in [0.717, 1.165) is 16.6 Å². The smallest absolute Gasteiger partial charge is 0.254 e. The van der Waals surface area contributed by atoms with Gasteiger partial charge in [0, 0.05) is 42.1 Å². The Morgan fingerprint density at radius 1 is 1.35 bits per heavy atom. The Hall–Kier alpha value is -1.88. The van der Waals surface area contributed by atoms with Crippen molar-refractivity contribution in [2.24, 2.45) is 0 Å². The number of hydrogen-bond acceptors (Lipinski definition) is 3. The molecule has 0 saturated carbocycles. The highest BCUT2D eigenvalue weighted by molar-refractivity contribution is 9.10. The Bertz CT molecular complexity index is 601. The number of nitrogens with two attached hydrogens (primary N) is 1. The second-order valence-corrected chi connectivity index (χ2v) is 5.39. The van der Waals surface area contributed by atoms with Gasteiger partial charge in [-0.25, -0.2) is 0 Å². The Morgan fingerprint density at radius 2 is 2.15 bits per heavy atom. The molecule has 4 nitrogen and oxygen atoms in total. The first-order valence-corrected chi connectivity index (χ1v) is 7.07. The molecule has 1 amide bonds. The van der Waals surface area contributed by atoms with Crippen molar-refractivity contribution in [2.75, 3.05) is 19.3 Å². The maximum atomic E-state index is 12.4. The van der Waals surface area contributed by atoms with Crippen LogP contribution in [0.2, 0.25) is 0 Å². The van der Waals surface area contributed by atoms with Crippen molar-refractivity contribution in [3.63, 3.8) is 0 Å². The normalized spacial score (nSPS) is 10.3. The predicted octanol–water partition coefficient (Wildman–Crippen LogP) is 2.74. The molecule has 0 atom stereocenters. The highest BCUT2D eigenvalue weighted by atomic mass is 79.9. The van der Waals surface area contributed by atoms with E-state index in [4.69, 9.17) is 5.73 Å². The number of aromatic nitrogens is 1. The van der Waals surface area contributed by atoms with Gasteiger partial charge in [-0.2, -0.15) is 0 Å². The lowest BCUT2D eigenvalue weighted by Gasteiger charge is -2.18. The number of benzene rings is 1. The molecule has 2 N–H and O–H groups in total. The van der Waals surface area contributed by atoms with Gasteiger partial charge in [-0.3, -0.25) is 9.78 Å². The number of rotatable bonds is 4. The lowest BCUT2D eigenvalue weighted by atomic mass is 10.1. The Balaban J connectivity index is 2.03. The molecule has 20 heavy (non-hydrogen) atoms. The van der Waals surface area contributed by atoms with Crippen LogP contribution in [0.3, 0.4) is 0 Å². The SMILES string of the molecule is CN(CCc1ccccn1)C(=O)c1cc(N)ccc1Br. The van der Waals surface area contributed by atoms with Gasteiger partial charge in [-0.15, -0.1) is 0 Å². The van der Waals surface area contributed by atoms with E-state index in [2.05, 4.69) is 20.9 Å². The molecule has 0 saturated heterocycles. The Labute approximate surface area is 126 Å². The first kappa shape index (κ1) is 14.5. The molecule has 1 aromatic carbocycles. The number of carbonyl (C=O) groups excluding carboxylic acids is 1. The van der Waals surface area contributed by atoms with E-state index in [1.807, 2.05) is 18.2 Å². The van der Waals surface area contributed by atoms with Gasteiger partial charge in [0.25, 0.3) is 5.91 Å². The van der Waals surface area contributed by atoms with Crippen molar-refractivity contribution < 1.29 is 4.79 Å². The summed E-state index contributed by atoms with van der Waals surface area (Å²) in [5.41, 5.74) is 7.86. The minimum atomic E-state index is -0.0555. The molecule has 0 fully saturated rings. The third kappa shape index (κ3) is 3.57. The van der Waals surface area contributed by atoms with Crippen LogP contribution in [-0.2, 0) is 6.42 Å². The van der Waals surface area contributed by atoms with E-state index in [-0.39, 0.29) is 5.91 Å². The fourth-order valence-electron chi connectivity index (χ4n) is 1.84. The molecule has 0 unspecified atom stereocenters. The molecule has 5 heteroatoms. The average molecular weight is 334 g/mol. The van der Waals surface area contributed by atoms with E-state index < -0.39 is 0 Å². The Kier molecular flexibility index (Phi) is 4.74. The molecule has 2 aromatic rings. The molecule has 1 heterocycles. The number of nitrogens with zero attached hydrogens (tertiary/aromatic N) is 2. The summed E-state index contributed by atoms with van der Waals surface area (Å²) >= 11 is 3.38. The van der Waals surface area contributed by atoms with E-state index in [1.54, 1.807) is 36.3 Å². The van der Waals surface area contributed by atoms with E-state index in [0.29, 0.717) is 17.8 Å². The van der Waals surface area contributed by atoms with Crippen LogP contribution in [-0.4, -0.2) is 29.4 Å². The molecule has 0 radical (unpaired) electrons. The van der Waals surface area contributed by atoms with Crippen LogP contribution < -0.4 is 5.73 Å². The number of pyridine rings is 1. The number of halogens is 1. The van der Waals surface area contributed by atoms with Crippen molar-refractivity contribution in [1.29, 1.82) is 0 Å². The van der Waals surface area contributed by atoms with Gasteiger partial charge in [0.05, 0.1) is 5.56 Å². The molecule has 0 aliphatic carbocycles. The largest absolute Gasteiger partial charge is 0.399 e. The average Bonchev–Trinajstić information content (AvgIpc) is 2.47. The molecule has 0 spiro atoms. The fraction of sp³-hybridized carbons (Fsp3) is 0.200. The van der Waals surface area contributed by atoms with Crippen molar-refractivity contribution in [3.8, 4) is 0 Å². The van der Waals surface area contributed by atoms with E-state index in [1.165, 1.54) is 0 Å². The highest BCUT2D eigenvalue weighted by Crippen LogP contribution is 2.20. The molecular formula is C15H16BrN3O. The Morgan fingerprint density at radius 3 is 2.85 bits per heavy atom. The van der Waals surface area contributed by atoms with Gasteiger partial charge in [0.15, 0.2) is 0 Å². The molecule has 0 aliphatic heterocycles. The van der Waals surface area contributed by atoms with Gasteiger partial charge in [0.2, 0.25) is 0 Å². The second kappa shape index (κ2) is 6.52. The maximum absolute atomic E-state index is 12.4. The molecule has 104 valence electrons. The summed E-state index contributed by atoms with van der Waals surface area (Å²) in [6.07, 6.45) is 2.48. The number of nitrogen functional groups attached to an aromatic ring is 1. The van der Waals surface area contributed by atoms with Crippen LogP contribution in [0.15, 0.2) is 47.1 Å². The minimum absolute atomic E-state index is 0.0555. The van der Waals surface area contributed by atoms with Crippen LogP contribution in [0.5, 0.6) is 0 Å². The van der Waals surface area contributed by atoms with Crippen molar-refractivity contribution in [2.45, 2.75) is 6.42 Å². The van der Waals surface area contributed by atoms with Crippen molar-refractivity contribution in [3.05, 3.63) is 58.3 Å². The zero-order valence-electron chi connectivity index (χ0n) is 11.2. The summed E-state index contributed by atoms with van der Waals surface area (Å²) in [6, 6.07) is 11.0. The van der Waals surface area contributed by atoms with Gasteiger partial charge in [-0.05, 0) is 46.3 Å². The van der Waals surface area contributed by atoms with Gasteiger partial charge >= 0.3 is 0 Å². The van der Waals surface area contributed by atoms with Crippen LogP contribution in [0.25, 0.3) is 0 Å². The summed E-state index contributed by atoms with van der Waals surface area (Å²) in [7, 11) is 1.78. The topological polar surface area (TPSA) is 59.2 Å². The lowest BCUT2D eigenvalue weighted by molar-refractivity contribution is 0.0795. The van der Waals surface area contributed by atoms with Crippen molar-refractivity contribution >= 4 is 27.5 Å². The second-order valence-electron chi connectivity index (χ2n) is 4.54. The maximum Gasteiger partial charge on any atom is 0.254 e. The third-order valence-electron chi connectivity index (χ3n) is 3.00. The zero-order valence-corrected chi connectivity index (χ0v) is 12.8. The molecular weight excluding hydrogens is 318 g/mol. The van der Waals surface area contributed by atoms with Crippen LogP contribution in [0.1, 0.15) is 16.1 Å². The van der Waals surface area contributed by atoms with Crippen LogP contribution in [0, 0.1) is 0 Å². The first-order chi connectivity index (χ1) is 9.58. The van der Waals surface area contributed by atoms with Gasteiger partial charge in [-0.1, -0.05) is 6.07 Å². The van der Waals surface area contributed by atoms with Gasteiger partial charge in [0.1, 0.15) is 0 Å². The summed E-state index contributed by atoms with van der Waals surface area (Å²) in [5.74, 6) is -0.0555. The fourth-order valence-corrected chi connectivity index (χ4v) is 2.26. The number of likely N-dealkylation sites (N-methyl/N-ethyl adjacent to an activating group) is 1. The summed E-state index contributed by atoms with van der Waals surface area (Å²) in [5, 5.41) is 0. The zero-order chi connectivity index (χ0) is 14.5. The van der Waals surface area contributed by atoms with Crippen molar-refractivity contribution in [1.82, 2.24) is 9.88 Å². The minimum Gasteiger partial charge on any atom is -0.399 e. The van der Waals surface area contributed by atoms with E-state index >= 15 is 0 Å². The molecule has 1 aromatic heterocycles. The number of anilines is 1. The third-order valence-corrected chi connectivity index (χ3v) is 3.69. The summed E-state index contributed by atoms with van der Waals surface area (Å²) in [4.78, 5) is 18.3. The number of carbonyl (C=O) groups is 1. The number of hydrogen-bond donors (Lipinski definition) is 1. The summed E-state index contributed by atoms with van der Waals surface area (Å²) < 4.78 is 0.751. The molecule has 0 aliphatic rings. The molecule has 0 bridgehead atoms. The monoisotopic (exact) mass is 333 g/mol. The highest BCUT2D eigenvalue weighted by Gasteiger charge is 2.15. The van der Waals surface area contributed by atoms with Gasteiger partial charge < -0.3 is 10.6 Å². The lowest BCUT2D eigenvalue weighted by Crippen LogP contribution is -2.29. The number of amides is 1. The predicted molar refractivity (Wildman–Crippen MR) is 83.5 cm³/mol. The first-order valence-electron chi connectivity index (χ1n) is 6.28. The quantitative estimate of drug-likeness (QED) is 0.875. The van der Waals surface area contributed by atoms with Crippen LogP contribution >= 0.6 is 15.9 Å². The summed E-state index contributed by atoms with van der Waals surface area (Å²) in [6.45, 7) is 0.608.